The molecule has 0 radical (unpaired) electrons. The second-order valence-electron chi connectivity index (χ2n) is 5.20. The molecule has 3 nitrogen and oxygen atoms in total. The van der Waals surface area contributed by atoms with E-state index in [1.807, 2.05) is 12.1 Å². The van der Waals surface area contributed by atoms with Gasteiger partial charge in [0.25, 0.3) is 0 Å². The predicted molar refractivity (Wildman–Crippen MR) is 82.7 cm³/mol. The van der Waals surface area contributed by atoms with Gasteiger partial charge in [-0.15, -0.1) is 0 Å². The summed E-state index contributed by atoms with van der Waals surface area (Å²) in [6, 6.07) is 6.52. The Morgan fingerprint density at radius 1 is 1.26 bits per heavy atom. The Kier molecular flexibility index (Phi) is 7.34. The van der Waals surface area contributed by atoms with Crippen molar-refractivity contribution in [2.24, 2.45) is 0 Å². The van der Waals surface area contributed by atoms with Gasteiger partial charge in [-0.2, -0.15) is 0 Å². The summed E-state index contributed by atoms with van der Waals surface area (Å²) in [5.74, 6) is 0.754. The van der Waals surface area contributed by atoms with Gasteiger partial charge in [0.1, 0.15) is 5.75 Å². The van der Waals surface area contributed by atoms with Crippen LogP contribution >= 0.6 is 0 Å². The van der Waals surface area contributed by atoms with Gasteiger partial charge in [-0.3, -0.25) is 0 Å². The van der Waals surface area contributed by atoms with Crippen molar-refractivity contribution in [1.29, 1.82) is 0 Å². The van der Waals surface area contributed by atoms with Crippen LogP contribution in [-0.2, 0) is 6.42 Å². The van der Waals surface area contributed by atoms with Crippen LogP contribution in [0, 0.1) is 0 Å². The van der Waals surface area contributed by atoms with Gasteiger partial charge >= 0.3 is 0 Å². The molecule has 0 saturated heterocycles. The maximum absolute atomic E-state index is 5.92. The molecular weight excluding hydrogens is 236 g/mol. The Labute approximate surface area is 117 Å². The lowest BCUT2D eigenvalue weighted by molar-refractivity contribution is 0.416. The number of unbranched alkanes of at least 4 members (excludes halogenated alkanes) is 3. The van der Waals surface area contributed by atoms with Crippen LogP contribution in [0.3, 0.4) is 0 Å². The molecule has 0 aliphatic heterocycles. The summed E-state index contributed by atoms with van der Waals surface area (Å²) in [5, 5.41) is 3.57. The van der Waals surface area contributed by atoms with Crippen molar-refractivity contribution in [3.05, 3.63) is 23.8 Å². The van der Waals surface area contributed by atoms with E-state index in [1.54, 1.807) is 7.11 Å². The monoisotopic (exact) mass is 264 g/mol. The lowest BCUT2D eigenvalue weighted by Gasteiger charge is -2.15. The molecule has 3 N–H and O–H groups in total. The van der Waals surface area contributed by atoms with E-state index in [-0.39, 0.29) is 0 Å². The van der Waals surface area contributed by atoms with Crippen LogP contribution in [0.2, 0.25) is 0 Å². The number of ether oxygens (including phenoxy) is 1. The number of nitrogens with two attached hydrogens (primary N) is 1. The van der Waals surface area contributed by atoms with E-state index in [4.69, 9.17) is 10.5 Å². The molecule has 0 aromatic heterocycles. The zero-order chi connectivity index (χ0) is 14.1. The third-order valence-corrected chi connectivity index (χ3v) is 3.36. The number of hydrogen-bond donors (Lipinski definition) is 2. The Bertz CT molecular complexity index is 366. The number of methoxy groups -OCH3 is 1. The molecule has 0 fully saturated rings. The molecule has 0 heterocycles. The van der Waals surface area contributed by atoms with Gasteiger partial charge < -0.3 is 15.8 Å². The Hall–Kier alpha value is -1.22. The van der Waals surface area contributed by atoms with Crippen LogP contribution in [-0.4, -0.2) is 19.7 Å². The number of nitrogen functional groups attached to an aromatic ring is 1. The maximum atomic E-state index is 5.92. The fraction of sp³-hybridized carbons (Fsp3) is 0.625. The van der Waals surface area contributed by atoms with Gasteiger partial charge in [0.05, 0.1) is 12.8 Å². The standard InChI is InChI=1S/C16H28N2O/c1-4-5-6-7-10-18-13(2)11-14-8-9-16(19-3)15(17)12-14/h8-9,12-13,18H,4-7,10-11,17H2,1-3H3. The van der Waals surface area contributed by atoms with Crippen molar-refractivity contribution in [2.45, 2.75) is 52.0 Å². The summed E-state index contributed by atoms with van der Waals surface area (Å²) in [4.78, 5) is 0. The zero-order valence-electron chi connectivity index (χ0n) is 12.5. The Morgan fingerprint density at radius 2 is 2.05 bits per heavy atom. The molecule has 0 bridgehead atoms. The lowest BCUT2D eigenvalue weighted by Crippen LogP contribution is -2.29. The third kappa shape index (κ3) is 5.97. The van der Waals surface area contributed by atoms with E-state index in [9.17, 15) is 0 Å². The number of anilines is 1. The summed E-state index contributed by atoms with van der Waals surface area (Å²) >= 11 is 0. The van der Waals surface area contributed by atoms with Crippen molar-refractivity contribution in [3.63, 3.8) is 0 Å². The lowest BCUT2D eigenvalue weighted by atomic mass is 10.1. The van der Waals surface area contributed by atoms with Gasteiger partial charge in [-0.25, -0.2) is 0 Å². The zero-order valence-corrected chi connectivity index (χ0v) is 12.5. The fourth-order valence-electron chi connectivity index (χ4n) is 2.24. The van der Waals surface area contributed by atoms with E-state index >= 15 is 0 Å². The first kappa shape index (κ1) is 15.8. The highest BCUT2D eigenvalue weighted by Crippen LogP contribution is 2.22. The molecule has 1 unspecified atom stereocenters. The van der Waals surface area contributed by atoms with Crippen LogP contribution < -0.4 is 15.8 Å². The first-order valence-electron chi connectivity index (χ1n) is 7.33. The highest BCUT2D eigenvalue weighted by molar-refractivity contribution is 5.54. The molecule has 1 aromatic carbocycles. The van der Waals surface area contributed by atoms with E-state index in [2.05, 4.69) is 25.2 Å². The molecular formula is C16H28N2O. The average molecular weight is 264 g/mol. The minimum Gasteiger partial charge on any atom is -0.495 e. The summed E-state index contributed by atoms with van der Waals surface area (Å²) < 4.78 is 5.17. The number of nitrogens with one attached hydrogen (secondary N) is 1. The fourth-order valence-corrected chi connectivity index (χ4v) is 2.24. The highest BCUT2D eigenvalue weighted by atomic mass is 16.5. The highest BCUT2D eigenvalue weighted by Gasteiger charge is 2.05. The van der Waals surface area contributed by atoms with Crippen LogP contribution in [0.15, 0.2) is 18.2 Å². The SMILES string of the molecule is CCCCCCNC(C)Cc1ccc(OC)c(N)c1. The molecule has 1 aromatic rings. The van der Waals surface area contributed by atoms with Crippen molar-refractivity contribution >= 4 is 5.69 Å². The van der Waals surface area contributed by atoms with E-state index in [0.717, 1.165) is 24.4 Å². The topological polar surface area (TPSA) is 47.3 Å². The van der Waals surface area contributed by atoms with Crippen molar-refractivity contribution < 1.29 is 4.74 Å². The maximum Gasteiger partial charge on any atom is 0.141 e. The van der Waals surface area contributed by atoms with Gasteiger partial charge in [0, 0.05) is 6.04 Å². The average Bonchev–Trinajstić information content (AvgIpc) is 2.39. The van der Waals surface area contributed by atoms with Gasteiger partial charge in [-0.1, -0.05) is 32.3 Å². The largest absolute Gasteiger partial charge is 0.495 e. The van der Waals surface area contributed by atoms with E-state index in [0.29, 0.717) is 6.04 Å². The molecule has 3 heteroatoms. The minimum absolute atomic E-state index is 0.481. The molecule has 0 aliphatic rings. The quantitative estimate of drug-likeness (QED) is 0.531. The Balaban J connectivity index is 2.31. The van der Waals surface area contributed by atoms with Gasteiger partial charge in [0.15, 0.2) is 0 Å². The first-order chi connectivity index (χ1) is 9.17. The molecule has 0 spiro atoms. The van der Waals surface area contributed by atoms with Crippen molar-refractivity contribution in [1.82, 2.24) is 5.32 Å². The van der Waals surface area contributed by atoms with Crippen LogP contribution in [0.1, 0.15) is 45.1 Å². The van der Waals surface area contributed by atoms with Crippen LogP contribution in [0.4, 0.5) is 5.69 Å². The van der Waals surface area contributed by atoms with Crippen molar-refractivity contribution in [3.8, 4) is 5.75 Å². The van der Waals surface area contributed by atoms with Gasteiger partial charge in [0.2, 0.25) is 0 Å². The Morgan fingerprint density at radius 3 is 2.68 bits per heavy atom. The van der Waals surface area contributed by atoms with Gasteiger partial charge in [-0.05, 0) is 44.0 Å². The molecule has 0 amide bonds. The molecule has 1 atom stereocenters. The molecule has 19 heavy (non-hydrogen) atoms. The normalized spacial score (nSPS) is 12.4. The van der Waals surface area contributed by atoms with Crippen molar-refractivity contribution in [2.75, 3.05) is 19.4 Å². The number of benzene rings is 1. The van der Waals surface area contributed by atoms with Crippen LogP contribution in [0.25, 0.3) is 0 Å². The molecule has 1 rings (SSSR count). The minimum atomic E-state index is 0.481. The number of rotatable bonds is 9. The third-order valence-electron chi connectivity index (χ3n) is 3.36. The molecule has 108 valence electrons. The summed E-state index contributed by atoms with van der Waals surface area (Å²) in [5.41, 5.74) is 7.89. The first-order valence-corrected chi connectivity index (χ1v) is 7.33. The summed E-state index contributed by atoms with van der Waals surface area (Å²) in [6.07, 6.45) is 6.22. The van der Waals surface area contributed by atoms with E-state index in [1.165, 1.54) is 31.2 Å². The number of hydrogen-bond acceptors (Lipinski definition) is 3. The second kappa shape index (κ2) is 8.81. The van der Waals surface area contributed by atoms with Crippen LogP contribution in [0.5, 0.6) is 5.75 Å². The second-order valence-corrected chi connectivity index (χ2v) is 5.20. The summed E-state index contributed by atoms with van der Waals surface area (Å²) in [7, 11) is 1.64. The smallest absolute Gasteiger partial charge is 0.141 e. The predicted octanol–water partition coefficient (Wildman–Crippen LogP) is 3.38. The summed E-state index contributed by atoms with van der Waals surface area (Å²) in [6.45, 7) is 5.57. The molecule has 0 aliphatic carbocycles. The van der Waals surface area contributed by atoms with E-state index < -0.39 is 0 Å². The molecule has 0 saturated carbocycles.